The van der Waals surface area contributed by atoms with Crippen LogP contribution in [0.4, 0.5) is 0 Å². The Balaban J connectivity index is 2.30. The smallest absolute Gasteiger partial charge is 0.223 e. The van der Waals surface area contributed by atoms with Crippen LogP contribution >= 0.6 is 11.6 Å². The van der Waals surface area contributed by atoms with E-state index in [1.807, 2.05) is 18.2 Å². The zero-order valence-corrected chi connectivity index (χ0v) is 12.9. The molecule has 1 heterocycles. The van der Waals surface area contributed by atoms with Crippen molar-refractivity contribution in [3.63, 3.8) is 0 Å². The summed E-state index contributed by atoms with van der Waals surface area (Å²) in [4.78, 5) is 14.4. The number of benzene rings is 1. The van der Waals surface area contributed by atoms with Gasteiger partial charge in [-0.3, -0.25) is 4.79 Å². The van der Waals surface area contributed by atoms with Crippen molar-refractivity contribution >= 4 is 17.5 Å². The molecule has 3 heteroatoms. The summed E-state index contributed by atoms with van der Waals surface area (Å²) in [5.41, 5.74) is 1.09. The van der Waals surface area contributed by atoms with E-state index in [-0.39, 0.29) is 23.4 Å². The van der Waals surface area contributed by atoms with Crippen molar-refractivity contribution in [1.29, 1.82) is 0 Å². The van der Waals surface area contributed by atoms with Gasteiger partial charge in [0.05, 0.1) is 0 Å². The van der Waals surface area contributed by atoms with Gasteiger partial charge in [-0.1, -0.05) is 30.7 Å². The van der Waals surface area contributed by atoms with Crippen molar-refractivity contribution in [2.45, 2.75) is 58.0 Å². The molecule has 2 atom stereocenters. The van der Waals surface area contributed by atoms with Crippen molar-refractivity contribution in [1.82, 2.24) is 4.90 Å². The average molecular weight is 280 g/mol. The van der Waals surface area contributed by atoms with Crippen molar-refractivity contribution in [3.05, 3.63) is 34.9 Å². The number of amides is 1. The molecular weight excluding hydrogens is 258 g/mol. The predicted octanol–water partition coefficient (Wildman–Crippen LogP) is 4.23. The Labute approximate surface area is 120 Å². The first-order valence-corrected chi connectivity index (χ1v) is 7.32. The molecule has 2 rings (SSSR count). The van der Waals surface area contributed by atoms with E-state index < -0.39 is 0 Å². The maximum atomic E-state index is 12.4. The average Bonchev–Trinajstić information content (AvgIpc) is 2.65. The normalized spacial score (nSPS) is 24.1. The molecule has 0 aromatic heterocycles. The van der Waals surface area contributed by atoms with Crippen LogP contribution in [0.2, 0.25) is 5.02 Å². The summed E-state index contributed by atoms with van der Waals surface area (Å²) in [7, 11) is 0. The maximum Gasteiger partial charge on any atom is 0.223 e. The van der Waals surface area contributed by atoms with Crippen molar-refractivity contribution in [3.8, 4) is 0 Å². The Bertz CT molecular complexity index is 483. The predicted molar refractivity (Wildman–Crippen MR) is 79.5 cm³/mol. The molecule has 0 unspecified atom stereocenters. The highest BCUT2D eigenvalue weighted by atomic mass is 35.5. The van der Waals surface area contributed by atoms with E-state index >= 15 is 0 Å². The number of hydrogen-bond acceptors (Lipinski definition) is 1. The monoisotopic (exact) mass is 279 g/mol. The number of likely N-dealkylation sites (tertiary alicyclic amines) is 1. The fourth-order valence-corrected chi connectivity index (χ4v) is 3.26. The summed E-state index contributed by atoms with van der Waals surface area (Å²) in [6, 6.07) is 8.12. The van der Waals surface area contributed by atoms with Crippen LogP contribution in [-0.4, -0.2) is 22.4 Å². The van der Waals surface area contributed by atoms with Gasteiger partial charge in [0.25, 0.3) is 0 Å². The number of carbonyl (C=O) groups is 1. The molecule has 104 valence electrons. The molecule has 19 heavy (non-hydrogen) atoms. The lowest BCUT2D eigenvalue weighted by atomic mass is 9.91. The Morgan fingerprint density at radius 2 is 2.11 bits per heavy atom. The highest BCUT2D eigenvalue weighted by Crippen LogP contribution is 2.39. The fraction of sp³-hybridized carbons (Fsp3) is 0.562. The second kappa shape index (κ2) is 5.16. The minimum Gasteiger partial charge on any atom is -0.334 e. The Hall–Kier alpha value is -1.02. The van der Waals surface area contributed by atoms with Crippen LogP contribution in [0.5, 0.6) is 0 Å². The second-order valence-corrected chi connectivity index (χ2v) is 6.47. The van der Waals surface area contributed by atoms with Crippen LogP contribution < -0.4 is 0 Å². The molecule has 1 aromatic rings. The van der Waals surface area contributed by atoms with Gasteiger partial charge in [0, 0.05) is 28.9 Å². The highest BCUT2D eigenvalue weighted by molar-refractivity contribution is 6.30. The van der Waals surface area contributed by atoms with Crippen molar-refractivity contribution < 1.29 is 4.79 Å². The van der Waals surface area contributed by atoms with Gasteiger partial charge in [-0.05, 0) is 44.9 Å². The summed E-state index contributed by atoms with van der Waals surface area (Å²) < 4.78 is 0. The molecule has 0 bridgehead atoms. The van der Waals surface area contributed by atoms with E-state index in [0.717, 1.165) is 11.4 Å². The molecule has 0 radical (unpaired) electrons. The minimum absolute atomic E-state index is 0.0795. The van der Waals surface area contributed by atoms with Crippen LogP contribution in [0.25, 0.3) is 0 Å². The van der Waals surface area contributed by atoms with Gasteiger partial charge in [-0.15, -0.1) is 0 Å². The van der Waals surface area contributed by atoms with Crippen LogP contribution in [0, 0.1) is 0 Å². The Morgan fingerprint density at radius 3 is 2.68 bits per heavy atom. The number of rotatable bonds is 3. The molecule has 0 N–H and O–H groups in total. The van der Waals surface area contributed by atoms with Crippen LogP contribution in [-0.2, 0) is 4.79 Å². The van der Waals surface area contributed by atoms with E-state index in [9.17, 15) is 4.79 Å². The lowest BCUT2D eigenvalue weighted by molar-refractivity contribution is -0.134. The summed E-state index contributed by atoms with van der Waals surface area (Å²) in [6.45, 7) is 8.56. The molecule has 0 spiro atoms. The highest BCUT2D eigenvalue weighted by Gasteiger charge is 2.43. The Kier molecular flexibility index (Phi) is 3.91. The zero-order chi connectivity index (χ0) is 14.2. The molecule has 1 saturated heterocycles. The minimum atomic E-state index is -0.0795. The lowest BCUT2D eigenvalue weighted by Gasteiger charge is -2.39. The van der Waals surface area contributed by atoms with Crippen LogP contribution in [0.15, 0.2) is 24.3 Å². The second-order valence-electron chi connectivity index (χ2n) is 6.04. The summed E-state index contributed by atoms with van der Waals surface area (Å²) in [5, 5.41) is 0.741. The molecule has 0 aliphatic carbocycles. The molecular formula is C16H22ClNO. The van der Waals surface area contributed by atoms with Crippen LogP contribution in [0.1, 0.15) is 52.0 Å². The van der Waals surface area contributed by atoms with Crippen LogP contribution in [0.3, 0.4) is 0 Å². The first-order valence-electron chi connectivity index (χ1n) is 6.94. The first kappa shape index (κ1) is 14.4. The quantitative estimate of drug-likeness (QED) is 0.811. The van der Waals surface area contributed by atoms with E-state index in [4.69, 9.17) is 11.6 Å². The molecule has 2 nitrogen and oxygen atoms in total. The third-order valence-corrected chi connectivity index (χ3v) is 4.68. The summed E-state index contributed by atoms with van der Waals surface area (Å²) in [5.74, 6) is 0.501. The third kappa shape index (κ3) is 2.64. The summed E-state index contributed by atoms with van der Waals surface area (Å²) >= 11 is 6.06. The van der Waals surface area contributed by atoms with Gasteiger partial charge in [0.15, 0.2) is 0 Å². The molecule has 0 saturated carbocycles. The molecule has 1 amide bonds. The molecule has 1 aliphatic heterocycles. The van der Waals surface area contributed by atoms with E-state index in [1.165, 1.54) is 5.56 Å². The standard InChI is InChI=1S/C16H22ClNO/c1-5-16(3,4)18-11(2)14(10-15(18)19)12-7-6-8-13(17)9-12/h6-9,11,14H,5,10H2,1-4H3/t11-,14-/m1/s1. The number of hydrogen-bond donors (Lipinski definition) is 0. The van der Waals surface area contributed by atoms with Crippen molar-refractivity contribution in [2.24, 2.45) is 0 Å². The summed E-state index contributed by atoms with van der Waals surface area (Å²) in [6.07, 6.45) is 1.55. The SMILES string of the molecule is CCC(C)(C)N1C(=O)C[C@@H](c2cccc(Cl)c2)[C@H]1C. The molecule has 1 aromatic carbocycles. The zero-order valence-electron chi connectivity index (χ0n) is 12.1. The lowest BCUT2D eigenvalue weighted by Crippen LogP contribution is -2.48. The maximum absolute atomic E-state index is 12.4. The topological polar surface area (TPSA) is 20.3 Å². The first-order chi connectivity index (χ1) is 8.86. The van der Waals surface area contributed by atoms with Gasteiger partial charge in [0.1, 0.15) is 0 Å². The van der Waals surface area contributed by atoms with Gasteiger partial charge < -0.3 is 4.90 Å². The molecule has 1 fully saturated rings. The number of halogens is 1. The fourth-order valence-electron chi connectivity index (χ4n) is 3.06. The third-order valence-electron chi connectivity index (χ3n) is 4.45. The van der Waals surface area contributed by atoms with Gasteiger partial charge >= 0.3 is 0 Å². The molecule has 1 aliphatic rings. The van der Waals surface area contributed by atoms with E-state index in [0.29, 0.717) is 6.42 Å². The van der Waals surface area contributed by atoms with Crippen molar-refractivity contribution in [2.75, 3.05) is 0 Å². The number of carbonyl (C=O) groups excluding carboxylic acids is 1. The number of nitrogens with zero attached hydrogens (tertiary/aromatic N) is 1. The largest absolute Gasteiger partial charge is 0.334 e. The van der Waals surface area contributed by atoms with Gasteiger partial charge in [-0.25, -0.2) is 0 Å². The van der Waals surface area contributed by atoms with Gasteiger partial charge in [-0.2, -0.15) is 0 Å². The van der Waals surface area contributed by atoms with E-state index in [1.54, 1.807) is 0 Å². The Morgan fingerprint density at radius 1 is 1.42 bits per heavy atom. The van der Waals surface area contributed by atoms with Gasteiger partial charge in [0.2, 0.25) is 5.91 Å². The van der Waals surface area contributed by atoms with E-state index in [2.05, 4.69) is 38.7 Å².